The van der Waals surface area contributed by atoms with Crippen molar-refractivity contribution in [2.24, 2.45) is 0 Å². The fraction of sp³-hybridized carbons (Fsp3) is 0.118. The summed E-state index contributed by atoms with van der Waals surface area (Å²) in [6, 6.07) is 11.8. The van der Waals surface area contributed by atoms with Gasteiger partial charge in [-0.1, -0.05) is 31.2 Å². The number of benzene rings is 2. The van der Waals surface area contributed by atoms with Gasteiger partial charge in [-0.3, -0.25) is 4.79 Å². The standard InChI is InChI=1S/C17H12BrFO2/c1-2-13-15(10-6-3-4-9-14(10)21-13)17(20)11-7-5-8-12(19)16(11)18/h3-9H,2H2,1H3. The van der Waals surface area contributed by atoms with E-state index >= 15 is 0 Å². The van der Waals surface area contributed by atoms with E-state index < -0.39 is 5.82 Å². The van der Waals surface area contributed by atoms with Crippen molar-refractivity contribution in [1.82, 2.24) is 0 Å². The van der Waals surface area contributed by atoms with Gasteiger partial charge in [-0.25, -0.2) is 4.39 Å². The number of ketones is 1. The molecular weight excluding hydrogens is 335 g/mol. The normalized spacial score (nSPS) is 11.0. The van der Waals surface area contributed by atoms with Crippen LogP contribution in [0.5, 0.6) is 0 Å². The van der Waals surface area contributed by atoms with Gasteiger partial charge in [-0.15, -0.1) is 0 Å². The van der Waals surface area contributed by atoms with E-state index in [-0.39, 0.29) is 10.3 Å². The molecule has 0 fully saturated rings. The number of carbonyl (C=O) groups is 1. The maximum atomic E-state index is 13.7. The molecule has 1 heterocycles. The third-order valence-electron chi connectivity index (χ3n) is 3.41. The number of rotatable bonds is 3. The lowest BCUT2D eigenvalue weighted by atomic mass is 9.99. The number of para-hydroxylation sites is 1. The molecule has 21 heavy (non-hydrogen) atoms. The predicted octanol–water partition coefficient (Wildman–Crippen LogP) is 5.13. The van der Waals surface area contributed by atoms with E-state index in [1.165, 1.54) is 12.1 Å². The van der Waals surface area contributed by atoms with Crippen LogP contribution in [0.4, 0.5) is 4.39 Å². The van der Waals surface area contributed by atoms with Gasteiger partial charge in [0.05, 0.1) is 10.0 Å². The molecule has 1 aromatic heterocycles. The summed E-state index contributed by atoms with van der Waals surface area (Å²) in [4.78, 5) is 12.8. The van der Waals surface area contributed by atoms with Crippen LogP contribution in [0.15, 0.2) is 51.4 Å². The van der Waals surface area contributed by atoms with E-state index in [1.54, 1.807) is 6.07 Å². The first-order valence-corrected chi connectivity index (χ1v) is 7.42. The number of fused-ring (bicyclic) bond motifs is 1. The van der Waals surface area contributed by atoms with Crippen molar-refractivity contribution in [2.45, 2.75) is 13.3 Å². The van der Waals surface area contributed by atoms with Crippen LogP contribution in [0.25, 0.3) is 11.0 Å². The van der Waals surface area contributed by atoms with Gasteiger partial charge in [-0.05, 0) is 34.1 Å². The van der Waals surface area contributed by atoms with Crippen LogP contribution in [-0.2, 0) is 6.42 Å². The van der Waals surface area contributed by atoms with Crippen LogP contribution < -0.4 is 0 Å². The molecule has 0 aliphatic rings. The molecule has 0 spiro atoms. The van der Waals surface area contributed by atoms with Crippen molar-refractivity contribution in [2.75, 3.05) is 0 Å². The second-order valence-corrected chi connectivity index (χ2v) is 5.47. The predicted molar refractivity (Wildman–Crippen MR) is 83.1 cm³/mol. The average Bonchev–Trinajstić information content (AvgIpc) is 2.88. The van der Waals surface area contributed by atoms with Gasteiger partial charge in [0.25, 0.3) is 0 Å². The molecule has 0 atom stereocenters. The van der Waals surface area contributed by atoms with Gasteiger partial charge in [0, 0.05) is 17.4 Å². The summed E-state index contributed by atoms with van der Waals surface area (Å²) in [6.45, 7) is 1.93. The summed E-state index contributed by atoms with van der Waals surface area (Å²) < 4.78 is 19.6. The van der Waals surface area contributed by atoms with Crippen LogP contribution in [0.2, 0.25) is 0 Å². The highest BCUT2D eigenvalue weighted by Crippen LogP contribution is 2.31. The fourth-order valence-corrected chi connectivity index (χ4v) is 2.85. The summed E-state index contributed by atoms with van der Waals surface area (Å²) in [6.07, 6.45) is 0.600. The number of carbonyl (C=O) groups excluding carboxylic acids is 1. The Balaban J connectivity index is 2.24. The molecule has 4 heteroatoms. The second-order valence-electron chi connectivity index (χ2n) is 4.68. The molecule has 0 saturated heterocycles. The molecule has 0 unspecified atom stereocenters. The lowest BCUT2D eigenvalue weighted by Crippen LogP contribution is -2.05. The minimum Gasteiger partial charge on any atom is -0.460 e. The summed E-state index contributed by atoms with van der Waals surface area (Å²) in [5.74, 6) is -0.0627. The van der Waals surface area contributed by atoms with Crippen molar-refractivity contribution in [3.63, 3.8) is 0 Å². The van der Waals surface area contributed by atoms with Crippen LogP contribution in [-0.4, -0.2) is 5.78 Å². The smallest absolute Gasteiger partial charge is 0.198 e. The maximum Gasteiger partial charge on any atom is 0.198 e. The van der Waals surface area contributed by atoms with Crippen molar-refractivity contribution >= 4 is 32.7 Å². The third-order valence-corrected chi connectivity index (χ3v) is 4.22. The first kappa shape index (κ1) is 14.0. The van der Waals surface area contributed by atoms with Crippen LogP contribution in [0, 0.1) is 5.82 Å². The number of halogens is 2. The quantitative estimate of drug-likeness (QED) is 0.615. The Labute approximate surface area is 129 Å². The van der Waals surface area contributed by atoms with Crippen LogP contribution in [0.1, 0.15) is 28.6 Å². The van der Waals surface area contributed by atoms with E-state index in [1.807, 2.05) is 31.2 Å². The lowest BCUT2D eigenvalue weighted by Gasteiger charge is -2.05. The minimum absolute atomic E-state index is 0.183. The number of hydrogen-bond acceptors (Lipinski definition) is 2. The molecule has 3 aromatic rings. The van der Waals surface area contributed by atoms with Gasteiger partial charge in [0.2, 0.25) is 0 Å². The van der Waals surface area contributed by atoms with Crippen molar-refractivity contribution < 1.29 is 13.6 Å². The topological polar surface area (TPSA) is 30.2 Å². The van der Waals surface area contributed by atoms with Crippen molar-refractivity contribution in [1.29, 1.82) is 0 Å². The van der Waals surface area contributed by atoms with Gasteiger partial charge >= 0.3 is 0 Å². The fourth-order valence-electron chi connectivity index (χ4n) is 2.41. The highest BCUT2D eigenvalue weighted by molar-refractivity contribution is 9.10. The Hall–Kier alpha value is -1.94. The highest BCUT2D eigenvalue weighted by Gasteiger charge is 2.23. The first-order valence-electron chi connectivity index (χ1n) is 6.62. The largest absolute Gasteiger partial charge is 0.460 e. The summed E-state index contributed by atoms with van der Waals surface area (Å²) in [5, 5.41) is 0.760. The Morgan fingerprint density at radius 3 is 2.71 bits per heavy atom. The Bertz CT molecular complexity index is 836. The summed E-state index contributed by atoms with van der Waals surface area (Å²) in [5.41, 5.74) is 1.49. The lowest BCUT2D eigenvalue weighted by molar-refractivity contribution is 0.103. The van der Waals surface area contributed by atoms with E-state index in [4.69, 9.17) is 4.42 Å². The SMILES string of the molecule is CCc1oc2ccccc2c1C(=O)c1cccc(F)c1Br. The number of hydrogen-bond donors (Lipinski definition) is 0. The molecule has 3 rings (SSSR count). The molecule has 106 valence electrons. The summed E-state index contributed by atoms with van der Waals surface area (Å²) >= 11 is 3.15. The molecule has 2 nitrogen and oxygen atoms in total. The van der Waals surface area contributed by atoms with Gasteiger partial charge in [-0.2, -0.15) is 0 Å². The number of furan rings is 1. The zero-order chi connectivity index (χ0) is 15.0. The first-order chi connectivity index (χ1) is 10.1. The zero-order valence-electron chi connectivity index (χ0n) is 11.3. The number of aryl methyl sites for hydroxylation is 1. The average molecular weight is 347 g/mol. The molecule has 0 aliphatic heterocycles. The second kappa shape index (κ2) is 5.45. The van der Waals surface area contributed by atoms with E-state index in [0.717, 1.165) is 5.39 Å². The van der Waals surface area contributed by atoms with Gasteiger partial charge in [0.15, 0.2) is 5.78 Å². The van der Waals surface area contributed by atoms with Gasteiger partial charge in [0.1, 0.15) is 17.2 Å². The molecule has 0 saturated carbocycles. The summed E-state index contributed by atoms with van der Waals surface area (Å²) in [7, 11) is 0. The van der Waals surface area contributed by atoms with E-state index in [0.29, 0.717) is 28.9 Å². The highest BCUT2D eigenvalue weighted by atomic mass is 79.9. The maximum absolute atomic E-state index is 13.7. The molecule has 2 aromatic carbocycles. The van der Waals surface area contributed by atoms with Crippen molar-refractivity contribution in [3.05, 3.63) is 69.6 Å². The van der Waals surface area contributed by atoms with E-state index in [2.05, 4.69) is 15.9 Å². The van der Waals surface area contributed by atoms with Crippen molar-refractivity contribution in [3.8, 4) is 0 Å². The molecule has 0 radical (unpaired) electrons. The third kappa shape index (κ3) is 2.29. The molecular formula is C17H12BrFO2. The Kier molecular flexibility index (Phi) is 3.64. The minimum atomic E-state index is -0.452. The van der Waals surface area contributed by atoms with E-state index in [9.17, 15) is 9.18 Å². The Morgan fingerprint density at radius 1 is 1.19 bits per heavy atom. The molecule has 0 aliphatic carbocycles. The Morgan fingerprint density at radius 2 is 1.95 bits per heavy atom. The molecule has 0 bridgehead atoms. The van der Waals surface area contributed by atoms with Crippen LogP contribution >= 0.6 is 15.9 Å². The molecule has 0 amide bonds. The zero-order valence-corrected chi connectivity index (χ0v) is 12.9. The monoisotopic (exact) mass is 346 g/mol. The van der Waals surface area contributed by atoms with Gasteiger partial charge < -0.3 is 4.42 Å². The molecule has 0 N–H and O–H groups in total. The van der Waals surface area contributed by atoms with Crippen LogP contribution in [0.3, 0.4) is 0 Å².